The number of rotatable bonds is 4. The van der Waals surface area contributed by atoms with E-state index < -0.39 is 0 Å². The van der Waals surface area contributed by atoms with Gasteiger partial charge in [0.05, 0.1) is 5.56 Å². The SMILES string of the molecule is CCn1nccc1-c1nc(C2CCN(C(=O)c3ccc(=O)[nH]c3)CC2)no1. The zero-order valence-electron chi connectivity index (χ0n) is 15.0. The Morgan fingerprint density at radius 2 is 2.11 bits per heavy atom. The molecule has 0 aliphatic carbocycles. The van der Waals surface area contributed by atoms with Gasteiger partial charge in [0.1, 0.15) is 5.69 Å². The van der Waals surface area contributed by atoms with Crippen LogP contribution in [0.5, 0.6) is 0 Å². The van der Waals surface area contributed by atoms with Crippen LogP contribution in [0, 0.1) is 0 Å². The van der Waals surface area contributed by atoms with Crippen molar-refractivity contribution in [1.29, 1.82) is 0 Å². The molecule has 0 atom stereocenters. The standard InChI is InChI=1S/C18H20N6O3/c1-2-24-14(5-8-20-24)17-21-16(22-27-17)12-6-9-23(10-7-12)18(26)13-3-4-15(25)19-11-13/h3-5,8,11-12H,2,6-7,9-10H2,1H3,(H,19,25). The zero-order chi connectivity index (χ0) is 18.8. The third kappa shape index (κ3) is 3.40. The predicted octanol–water partition coefficient (Wildman–Crippen LogP) is 1.66. The quantitative estimate of drug-likeness (QED) is 0.750. The summed E-state index contributed by atoms with van der Waals surface area (Å²) in [5, 5.41) is 8.36. The lowest BCUT2D eigenvalue weighted by atomic mass is 9.96. The first-order valence-corrected chi connectivity index (χ1v) is 8.99. The molecule has 4 rings (SSSR count). The van der Waals surface area contributed by atoms with Gasteiger partial charge in [-0.2, -0.15) is 10.1 Å². The van der Waals surface area contributed by atoms with Crippen molar-refractivity contribution in [1.82, 2.24) is 29.8 Å². The molecule has 1 aliphatic heterocycles. The molecule has 0 unspecified atom stereocenters. The minimum Gasteiger partial charge on any atom is -0.339 e. The zero-order valence-corrected chi connectivity index (χ0v) is 15.0. The van der Waals surface area contributed by atoms with Gasteiger partial charge < -0.3 is 14.4 Å². The second kappa shape index (κ2) is 7.18. The van der Waals surface area contributed by atoms with Crippen molar-refractivity contribution in [3.63, 3.8) is 0 Å². The summed E-state index contributed by atoms with van der Waals surface area (Å²) in [6.45, 7) is 3.95. The molecule has 9 nitrogen and oxygen atoms in total. The highest BCUT2D eigenvalue weighted by Crippen LogP contribution is 2.28. The van der Waals surface area contributed by atoms with Gasteiger partial charge in [0, 0.05) is 44.0 Å². The summed E-state index contributed by atoms with van der Waals surface area (Å²) < 4.78 is 7.23. The molecule has 0 radical (unpaired) electrons. The Hall–Kier alpha value is -3.23. The molecule has 1 aliphatic rings. The molecular weight excluding hydrogens is 348 g/mol. The van der Waals surface area contributed by atoms with Crippen LogP contribution in [0.1, 0.15) is 41.9 Å². The number of aromatic nitrogens is 5. The van der Waals surface area contributed by atoms with E-state index in [4.69, 9.17) is 4.52 Å². The Morgan fingerprint density at radius 3 is 2.81 bits per heavy atom. The van der Waals surface area contributed by atoms with Crippen LogP contribution in [-0.2, 0) is 6.54 Å². The van der Waals surface area contributed by atoms with Crippen molar-refractivity contribution in [2.75, 3.05) is 13.1 Å². The van der Waals surface area contributed by atoms with Crippen LogP contribution in [0.2, 0.25) is 0 Å². The Labute approximate surface area is 155 Å². The molecule has 0 bridgehead atoms. The second-order valence-electron chi connectivity index (χ2n) is 6.50. The van der Waals surface area contributed by atoms with Crippen molar-refractivity contribution < 1.29 is 9.32 Å². The summed E-state index contributed by atoms with van der Waals surface area (Å²) >= 11 is 0. The highest BCUT2D eigenvalue weighted by Gasteiger charge is 2.28. The topological polar surface area (TPSA) is 110 Å². The number of aryl methyl sites for hydroxylation is 1. The number of hydrogen-bond acceptors (Lipinski definition) is 6. The molecule has 1 fully saturated rings. The van der Waals surface area contributed by atoms with E-state index in [1.807, 2.05) is 17.7 Å². The molecule has 0 saturated carbocycles. The number of H-pyrrole nitrogens is 1. The van der Waals surface area contributed by atoms with Crippen molar-refractivity contribution in [2.24, 2.45) is 0 Å². The lowest BCUT2D eigenvalue weighted by Gasteiger charge is -2.30. The van der Waals surface area contributed by atoms with Gasteiger partial charge in [0.2, 0.25) is 5.56 Å². The number of aromatic amines is 1. The number of nitrogens with zero attached hydrogens (tertiary/aromatic N) is 5. The smallest absolute Gasteiger partial charge is 0.276 e. The van der Waals surface area contributed by atoms with Gasteiger partial charge in [-0.15, -0.1) is 0 Å². The molecule has 0 spiro atoms. The summed E-state index contributed by atoms with van der Waals surface area (Å²) in [4.78, 5) is 32.5. The lowest BCUT2D eigenvalue weighted by molar-refractivity contribution is 0.0710. The third-order valence-corrected chi connectivity index (χ3v) is 4.86. The molecule has 27 heavy (non-hydrogen) atoms. The first-order chi connectivity index (χ1) is 13.2. The molecule has 0 aromatic carbocycles. The van der Waals surface area contributed by atoms with E-state index in [1.165, 1.54) is 12.3 Å². The predicted molar refractivity (Wildman–Crippen MR) is 96.1 cm³/mol. The highest BCUT2D eigenvalue weighted by molar-refractivity contribution is 5.93. The summed E-state index contributed by atoms with van der Waals surface area (Å²) in [5.41, 5.74) is 1.08. The first-order valence-electron chi connectivity index (χ1n) is 8.99. The number of likely N-dealkylation sites (tertiary alicyclic amines) is 1. The average molecular weight is 368 g/mol. The largest absolute Gasteiger partial charge is 0.339 e. The number of nitrogens with one attached hydrogen (secondary N) is 1. The molecule has 1 N–H and O–H groups in total. The van der Waals surface area contributed by atoms with Crippen LogP contribution in [0.25, 0.3) is 11.6 Å². The number of hydrogen-bond donors (Lipinski definition) is 1. The van der Waals surface area contributed by atoms with Crippen LogP contribution >= 0.6 is 0 Å². The van der Waals surface area contributed by atoms with E-state index in [9.17, 15) is 9.59 Å². The Bertz CT molecular complexity index is 976. The van der Waals surface area contributed by atoms with E-state index in [0.717, 1.165) is 25.1 Å². The summed E-state index contributed by atoms with van der Waals surface area (Å²) in [5.74, 6) is 1.21. The minimum atomic E-state index is -0.220. The van der Waals surface area contributed by atoms with E-state index in [2.05, 4.69) is 20.2 Å². The fourth-order valence-electron chi connectivity index (χ4n) is 3.34. The molecule has 1 saturated heterocycles. The number of amides is 1. The van der Waals surface area contributed by atoms with Gasteiger partial charge >= 0.3 is 0 Å². The van der Waals surface area contributed by atoms with Crippen LogP contribution < -0.4 is 5.56 Å². The van der Waals surface area contributed by atoms with Crippen molar-refractivity contribution in [2.45, 2.75) is 32.2 Å². The maximum Gasteiger partial charge on any atom is 0.276 e. The van der Waals surface area contributed by atoms with Crippen LogP contribution in [-0.4, -0.2) is 48.8 Å². The van der Waals surface area contributed by atoms with E-state index >= 15 is 0 Å². The van der Waals surface area contributed by atoms with Gasteiger partial charge in [-0.3, -0.25) is 14.3 Å². The number of carbonyl (C=O) groups is 1. The van der Waals surface area contributed by atoms with Crippen molar-refractivity contribution >= 4 is 5.91 Å². The monoisotopic (exact) mass is 368 g/mol. The molecule has 4 heterocycles. The fraction of sp³-hybridized carbons (Fsp3) is 0.389. The number of pyridine rings is 1. The normalized spacial score (nSPS) is 15.2. The highest BCUT2D eigenvalue weighted by atomic mass is 16.5. The van der Waals surface area contributed by atoms with E-state index in [1.54, 1.807) is 17.2 Å². The maximum absolute atomic E-state index is 12.5. The summed E-state index contributed by atoms with van der Waals surface area (Å²) in [6, 6.07) is 4.77. The maximum atomic E-state index is 12.5. The van der Waals surface area contributed by atoms with Gasteiger partial charge in [-0.1, -0.05) is 5.16 Å². The van der Waals surface area contributed by atoms with E-state index in [0.29, 0.717) is 30.4 Å². The molecule has 3 aromatic rings. The second-order valence-corrected chi connectivity index (χ2v) is 6.50. The van der Waals surface area contributed by atoms with Gasteiger partial charge in [-0.25, -0.2) is 0 Å². The molecule has 9 heteroatoms. The van der Waals surface area contributed by atoms with E-state index in [-0.39, 0.29) is 17.4 Å². The van der Waals surface area contributed by atoms with Crippen molar-refractivity contribution in [3.05, 3.63) is 52.3 Å². The number of piperidine rings is 1. The van der Waals surface area contributed by atoms with Gasteiger partial charge in [0.25, 0.3) is 11.8 Å². The molecule has 1 amide bonds. The lowest BCUT2D eigenvalue weighted by Crippen LogP contribution is -2.38. The molecule has 140 valence electrons. The molecule has 3 aromatic heterocycles. The third-order valence-electron chi connectivity index (χ3n) is 4.86. The molecular formula is C18H20N6O3. The number of carbonyl (C=O) groups excluding carboxylic acids is 1. The van der Waals surface area contributed by atoms with Crippen LogP contribution in [0.15, 0.2) is 39.9 Å². The Morgan fingerprint density at radius 1 is 1.30 bits per heavy atom. The van der Waals surface area contributed by atoms with Crippen LogP contribution in [0.4, 0.5) is 0 Å². The summed E-state index contributed by atoms with van der Waals surface area (Å²) in [6.07, 6.45) is 4.70. The van der Waals surface area contributed by atoms with Crippen LogP contribution in [0.3, 0.4) is 0 Å². The minimum absolute atomic E-state index is 0.0784. The summed E-state index contributed by atoms with van der Waals surface area (Å²) in [7, 11) is 0. The average Bonchev–Trinajstić information content (AvgIpc) is 3.37. The Kier molecular flexibility index (Phi) is 4.57. The Balaban J connectivity index is 1.42. The van der Waals surface area contributed by atoms with Gasteiger partial charge in [0.15, 0.2) is 5.82 Å². The van der Waals surface area contributed by atoms with Crippen molar-refractivity contribution in [3.8, 4) is 11.6 Å². The van der Waals surface area contributed by atoms with Gasteiger partial charge in [-0.05, 0) is 31.9 Å². The fourth-order valence-corrected chi connectivity index (χ4v) is 3.34. The first kappa shape index (κ1) is 17.2.